The highest BCUT2D eigenvalue weighted by Gasteiger charge is 2.28. The average Bonchev–Trinajstić information content (AvgIpc) is 2.78. The topological polar surface area (TPSA) is 62.1 Å². The SMILES string of the molecule is O=C1N=C(CN(CCc2ccc(Cl)cc2)C(=O)c2ccc(F)cc2)N=C2C=CC=CC12. The summed E-state index contributed by atoms with van der Waals surface area (Å²) in [6.45, 7) is 0.443. The number of carbonyl (C=O) groups is 2. The Bertz CT molecular complexity index is 1120. The van der Waals surface area contributed by atoms with Crippen molar-refractivity contribution < 1.29 is 14.0 Å². The number of fused-ring (bicyclic) bond motifs is 1. The molecule has 7 heteroatoms. The molecule has 1 heterocycles. The fourth-order valence-corrected chi connectivity index (χ4v) is 3.53. The highest BCUT2D eigenvalue weighted by atomic mass is 35.5. The predicted octanol–water partition coefficient (Wildman–Crippen LogP) is 4.29. The molecule has 0 bridgehead atoms. The summed E-state index contributed by atoms with van der Waals surface area (Å²) in [7, 11) is 0. The summed E-state index contributed by atoms with van der Waals surface area (Å²) in [5.41, 5.74) is 1.98. The van der Waals surface area contributed by atoms with E-state index in [0.29, 0.717) is 29.3 Å². The molecule has 0 N–H and O–H groups in total. The van der Waals surface area contributed by atoms with Gasteiger partial charge in [0, 0.05) is 17.1 Å². The van der Waals surface area contributed by atoms with Gasteiger partial charge in [0.25, 0.3) is 11.8 Å². The van der Waals surface area contributed by atoms with Gasteiger partial charge in [-0.1, -0.05) is 42.0 Å². The number of amidine groups is 1. The zero-order valence-corrected chi connectivity index (χ0v) is 17.3. The third-order valence-electron chi connectivity index (χ3n) is 5.06. The second-order valence-corrected chi connectivity index (χ2v) is 7.67. The number of nitrogens with zero attached hydrogens (tertiary/aromatic N) is 3. The quantitative estimate of drug-likeness (QED) is 0.679. The van der Waals surface area contributed by atoms with Gasteiger partial charge in [-0.2, -0.15) is 4.99 Å². The second kappa shape index (κ2) is 9.18. The van der Waals surface area contributed by atoms with Crippen LogP contribution in [0.15, 0.2) is 82.8 Å². The summed E-state index contributed by atoms with van der Waals surface area (Å²) in [5, 5.41) is 0.637. The van der Waals surface area contributed by atoms with Crippen LogP contribution in [-0.2, 0) is 11.2 Å². The maximum absolute atomic E-state index is 13.3. The van der Waals surface area contributed by atoms with Crippen molar-refractivity contribution in [2.75, 3.05) is 13.1 Å². The third kappa shape index (κ3) is 5.03. The van der Waals surface area contributed by atoms with E-state index >= 15 is 0 Å². The molecule has 1 atom stereocenters. The van der Waals surface area contributed by atoms with Gasteiger partial charge in [0.1, 0.15) is 11.7 Å². The van der Waals surface area contributed by atoms with E-state index in [1.165, 1.54) is 24.3 Å². The van der Waals surface area contributed by atoms with Crippen LogP contribution in [0.25, 0.3) is 0 Å². The monoisotopic (exact) mass is 435 g/mol. The Kier molecular flexibility index (Phi) is 6.18. The molecule has 0 spiro atoms. The number of hydrogen-bond donors (Lipinski definition) is 0. The Morgan fingerprint density at radius 1 is 1.03 bits per heavy atom. The molecule has 2 aromatic carbocycles. The summed E-state index contributed by atoms with van der Waals surface area (Å²) in [5.74, 6) is -1.19. The molecule has 156 valence electrons. The van der Waals surface area contributed by atoms with Crippen molar-refractivity contribution in [2.24, 2.45) is 15.9 Å². The van der Waals surface area contributed by atoms with Crippen LogP contribution in [0.1, 0.15) is 15.9 Å². The molecular formula is C24H19ClFN3O2. The number of rotatable bonds is 6. The van der Waals surface area contributed by atoms with Crippen LogP contribution in [0, 0.1) is 11.7 Å². The van der Waals surface area contributed by atoms with Crippen LogP contribution in [0.4, 0.5) is 4.39 Å². The number of benzene rings is 2. The van der Waals surface area contributed by atoms with Crippen molar-refractivity contribution in [2.45, 2.75) is 6.42 Å². The Morgan fingerprint density at radius 2 is 1.77 bits per heavy atom. The summed E-state index contributed by atoms with van der Waals surface area (Å²) >= 11 is 5.95. The van der Waals surface area contributed by atoms with Crippen LogP contribution < -0.4 is 0 Å². The Hall–Kier alpha value is -3.38. The largest absolute Gasteiger partial charge is 0.331 e. The van der Waals surface area contributed by atoms with E-state index in [-0.39, 0.29) is 24.2 Å². The molecule has 5 nitrogen and oxygen atoms in total. The summed E-state index contributed by atoms with van der Waals surface area (Å²) in [4.78, 5) is 35.7. The van der Waals surface area contributed by atoms with Crippen molar-refractivity contribution >= 4 is 35.0 Å². The Morgan fingerprint density at radius 3 is 2.52 bits per heavy atom. The summed E-state index contributed by atoms with van der Waals surface area (Å²) in [6, 6.07) is 12.8. The van der Waals surface area contributed by atoms with Crippen LogP contribution in [-0.4, -0.2) is 41.4 Å². The first-order valence-corrected chi connectivity index (χ1v) is 10.2. The first-order chi connectivity index (χ1) is 15.0. The molecule has 2 amide bonds. The molecule has 0 radical (unpaired) electrons. The minimum atomic E-state index is -0.468. The third-order valence-corrected chi connectivity index (χ3v) is 5.31. The molecule has 0 aromatic heterocycles. The second-order valence-electron chi connectivity index (χ2n) is 7.23. The lowest BCUT2D eigenvalue weighted by atomic mass is 9.96. The molecular weight excluding hydrogens is 417 g/mol. The molecule has 2 aromatic rings. The summed E-state index contributed by atoms with van der Waals surface area (Å²) < 4.78 is 13.3. The van der Waals surface area contributed by atoms with Crippen LogP contribution >= 0.6 is 11.6 Å². The van der Waals surface area contributed by atoms with Crippen molar-refractivity contribution in [3.8, 4) is 0 Å². The van der Waals surface area contributed by atoms with Crippen molar-refractivity contribution in [1.29, 1.82) is 0 Å². The lowest BCUT2D eigenvalue weighted by molar-refractivity contribution is -0.118. The van der Waals surface area contributed by atoms with Gasteiger partial charge in [-0.05, 0) is 54.5 Å². The highest BCUT2D eigenvalue weighted by molar-refractivity contribution is 6.30. The summed E-state index contributed by atoms with van der Waals surface area (Å²) in [6.07, 6.45) is 7.71. The minimum Gasteiger partial charge on any atom is -0.331 e. The molecule has 1 aliphatic carbocycles. The van der Waals surface area contributed by atoms with Gasteiger partial charge in [0.05, 0.1) is 12.3 Å². The molecule has 2 aliphatic rings. The molecule has 4 rings (SSSR count). The molecule has 31 heavy (non-hydrogen) atoms. The lowest BCUT2D eigenvalue weighted by Crippen LogP contribution is -2.39. The molecule has 0 saturated heterocycles. The molecule has 1 aliphatic heterocycles. The van der Waals surface area contributed by atoms with E-state index in [0.717, 1.165) is 5.56 Å². The van der Waals surface area contributed by atoms with Crippen molar-refractivity contribution in [3.05, 3.63) is 94.8 Å². The van der Waals surface area contributed by atoms with Gasteiger partial charge < -0.3 is 4.90 Å². The predicted molar refractivity (Wildman–Crippen MR) is 119 cm³/mol. The first kappa shape index (κ1) is 20.9. The Balaban J connectivity index is 1.56. The number of allylic oxidation sites excluding steroid dienone is 3. The van der Waals surface area contributed by atoms with E-state index in [1.54, 1.807) is 35.3 Å². The number of carbonyl (C=O) groups excluding carboxylic acids is 2. The van der Waals surface area contributed by atoms with Gasteiger partial charge in [0.15, 0.2) is 5.84 Å². The van der Waals surface area contributed by atoms with E-state index in [4.69, 9.17) is 11.6 Å². The number of hydrogen-bond acceptors (Lipinski definition) is 3. The first-order valence-electron chi connectivity index (χ1n) is 9.84. The lowest BCUT2D eigenvalue weighted by Gasteiger charge is -2.25. The van der Waals surface area contributed by atoms with Gasteiger partial charge >= 0.3 is 0 Å². The van der Waals surface area contributed by atoms with Gasteiger partial charge in [-0.15, -0.1) is 0 Å². The smallest absolute Gasteiger partial charge is 0.260 e. The highest BCUT2D eigenvalue weighted by Crippen LogP contribution is 2.18. The van der Waals surface area contributed by atoms with E-state index in [1.807, 2.05) is 18.2 Å². The fraction of sp³-hybridized carbons (Fsp3) is 0.167. The standard InChI is InChI=1S/C24H19ClFN3O2/c25-18-9-5-16(6-10-18)13-14-29(24(31)17-7-11-19(26)12-8-17)15-22-27-21-4-2-1-3-20(21)23(30)28-22/h1-12,20H,13-15H2. The number of halogens is 2. The molecule has 0 saturated carbocycles. The van der Waals surface area contributed by atoms with Crippen molar-refractivity contribution in [3.63, 3.8) is 0 Å². The maximum Gasteiger partial charge on any atom is 0.260 e. The van der Waals surface area contributed by atoms with Gasteiger partial charge in [-0.3, -0.25) is 9.59 Å². The van der Waals surface area contributed by atoms with Crippen LogP contribution in [0.2, 0.25) is 5.02 Å². The normalized spacial score (nSPS) is 17.1. The maximum atomic E-state index is 13.3. The zero-order valence-electron chi connectivity index (χ0n) is 16.5. The van der Waals surface area contributed by atoms with E-state index < -0.39 is 11.7 Å². The number of amides is 2. The van der Waals surface area contributed by atoms with Gasteiger partial charge in [-0.25, -0.2) is 9.38 Å². The zero-order chi connectivity index (χ0) is 21.8. The fourth-order valence-electron chi connectivity index (χ4n) is 3.40. The number of aliphatic imine (C=N–C) groups is 2. The van der Waals surface area contributed by atoms with Crippen molar-refractivity contribution in [1.82, 2.24) is 4.90 Å². The van der Waals surface area contributed by atoms with Crippen LogP contribution in [0.5, 0.6) is 0 Å². The van der Waals surface area contributed by atoms with E-state index in [9.17, 15) is 14.0 Å². The Labute approximate surface area is 184 Å². The van der Waals surface area contributed by atoms with Gasteiger partial charge in [0.2, 0.25) is 0 Å². The molecule has 1 unspecified atom stereocenters. The average molecular weight is 436 g/mol. The van der Waals surface area contributed by atoms with Crippen LogP contribution in [0.3, 0.4) is 0 Å². The van der Waals surface area contributed by atoms with E-state index in [2.05, 4.69) is 9.98 Å². The molecule has 0 fully saturated rings. The minimum absolute atomic E-state index is 0.0727.